The Morgan fingerprint density at radius 3 is 2.65 bits per heavy atom. The Morgan fingerprint density at radius 2 is 1.91 bits per heavy atom. The average Bonchev–Trinajstić information content (AvgIpc) is 3.10. The minimum Gasteiger partial charge on any atom is -0.505 e. The van der Waals surface area contributed by atoms with Crippen LogP contribution in [0.1, 0.15) is 12.8 Å². The second-order valence-corrected chi connectivity index (χ2v) is 5.35. The van der Waals surface area contributed by atoms with Crippen LogP contribution in [0, 0.1) is 0 Å². The van der Waals surface area contributed by atoms with Crippen LogP contribution in [0.3, 0.4) is 0 Å². The van der Waals surface area contributed by atoms with Crippen LogP contribution >= 0.6 is 0 Å². The standard InChI is InChI=1S/C15H14N6O2/c22-12-10-4-3-5-16-13(10)21(15-17-6-7-18-19-15)14(23)11(12)20-8-1-2-9-20/h3-7,22H,1-2,8-9H2. The lowest BCUT2D eigenvalue weighted by Crippen LogP contribution is -2.31. The molecule has 116 valence electrons. The number of hydrogen-bond acceptors (Lipinski definition) is 7. The largest absolute Gasteiger partial charge is 0.505 e. The SMILES string of the molecule is O=c1c(N2CCCC2)c(O)c2cccnc2n1-c1nccnn1. The number of aromatic hydroxyl groups is 1. The Kier molecular flexibility index (Phi) is 3.14. The van der Waals surface area contributed by atoms with Crippen molar-refractivity contribution < 1.29 is 5.11 Å². The van der Waals surface area contributed by atoms with E-state index in [2.05, 4.69) is 20.2 Å². The van der Waals surface area contributed by atoms with Crippen LogP contribution in [-0.2, 0) is 0 Å². The van der Waals surface area contributed by atoms with Crippen molar-refractivity contribution in [3.63, 3.8) is 0 Å². The van der Waals surface area contributed by atoms with Gasteiger partial charge in [0.1, 0.15) is 5.69 Å². The lowest BCUT2D eigenvalue weighted by molar-refractivity contribution is 0.479. The average molecular weight is 310 g/mol. The fourth-order valence-electron chi connectivity index (χ4n) is 2.95. The first-order valence-corrected chi connectivity index (χ1v) is 7.39. The van der Waals surface area contributed by atoms with Gasteiger partial charge in [0.05, 0.1) is 17.8 Å². The van der Waals surface area contributed by atoms with Gasteiger partial charge in [-0.2, -0.15) is 5.10 Å². The fraction of sp³-hybridized carbons (Fsp3) is 0.267. The van der Waals surface area contributed by atoms with Gasteiger partial charge in [0.15, 0.2) is 11.4 Å². The van der Waals surface area contributed by atoms with Crippen molar-refractivity contribution in [1.29, 1.82) is 0 Å². The van der Waals surface area contributed by atoms with Crippen molar-refractivity contribution in [3.05, 3.63) is 41.1 Å². The fourth-order valence-corrected chi connectivity index (χ4v) is 2.95. The van der Waals surface area contributed by atoms with E-state index >= 15 is 0 Å². The smallest absolute Gasteiger partial charge is 0.286 e. The lowest BCUT2D eigenvalue weighted by atomic mass is 10.2. The molecule has 1 aliphatic heterocycles. The van der Waals surface area contributed by atoms with Crippen LogP contribution in [0.2, 0.25) is 0 Å². The number of pyridine rings is 2. The molecule has 8 heteroatoms. The van der Waals surface area contributed by atoms with Gasteiger partial charge in [-0.05, 0) is 25.0 Å². The number of fused-ring (bicyclic) bond motifs is 1. The predicted octanol–water partition coefficient (Wildman–Crippen LogP) is 0.876. The molecule has 23 heavy (non-hydrogen) atoms. The minimum atomic E-state index is -0.386. The van der Waals surface area contributed by atoms with E-state index in [1.807, 2.05) is 4.90 Å². The summed E-state index contributed by atoms with van der Waals surface area (Å²) in [4.78, 5) is 23.2. The first-order valence-electron chi connectivity index (χ1n) is 7.39. The van der Waals surface area contributed by atoms with Gasteiger partial charge >= 0.3 is 0 Å². The molecule has 0 amide bonds. The van der Waals surface area contributed by atoms with Crippen LogP contribution < -0.4 is 10.5 Å². The van der Waals surface area contributed by atoms with Crippen LogP contribution in [-0.4, -0.2) is 42.9 Å². The summed E-state index contributed by atoms with van der Waals surface area (Å²) in [5, 5.41) is 18.8. The predicted molar refractivity (Wildman–Crippen MR) is 83.8 cm³/mol. The normalized spacial score (nSPS) is 14.5. The monoisotopic (exact) mass is 310 g/mol. The highest BCUT2D eigenvalue weighted by atomic mass is 16.3. The van der Waals surface area contributed by atoms with E-state index in [9.17, 15) is 9.90 Å². The first-order chi connectivity index (χ1) is 11.3. The molecule has 4 rings (SSSR count). The zero-order valence-corrected chi connectivity index (χ0v) is 12.3. The summed E-state index contributed by atoms with van der Waals surface area (Å²) in [6.45, 7) is 1.48. The molecule has 3 aromatic rings. The van der Waals surface area contributed by atoms with Gasteiger partial charge in [0, 0.05) is 19.3 Å². The molecule has 0 bridgehead atoms. The van der Waals surface area contributed by atoms with Crippen LogP contribution in [0.25, 0.3) is 17.0 Å². The summed E-state index contributed by atoms with van der Waals surface area (Å²) in [5.74, 6) is 0.0989. The van der Waals surface area contributed by atoms with Gasteiger partial charge in [-0.25, -0.2) is 14.5 Å². The first kappa shape index (κ1) is 13.6. The molecule has 0 spiro atoms. The van der Waals surface area contributed by atoms with Crippen molar-refractivity contribution in [2.75, 3.05) is 18.0 Å². The Balaban J connectivity index is 2.10. The minimum absolute atomic E-state index is 0.0415. The topological polar surface area (TPSA) is 97.0 Å². The molecule has 0 radical (unpaired) electrons. The quantitative estimate of drug-likeness (QED) is 0.750. The summed E-state index contributed by atoms with van der Waals surface area (Å²) in [7, 11) is 0. The van der Waals surface area contributed by atoms with Crippen molar-refractivity contribution in [1.82, 2.24) is 24.7 Å². The molecule has 0 saturated carbocycles. The molecule has 1 saturated heterocycles. The maximum atomic E-state index is 13.0. The molecule has 0 aliphatic carbocycles. The Morgan fingerprint density at radius 1 is 1.09 bits per heavy atom. The van der Waals surface area contributed by atoms with Crippen molar-refractivity contribution in [2.45, 2.75) is 12.8 Å². The number of aromatic nitrogens is 5. The second kappa shape index (κ2) is 5.31. The number of nitrogens with zero attached hydrogens (tertiary/aromatic N) is 6. The highest BCUT2D eigenvalue weighted by molar-refractivity contribution is 5.88. The third kappa shape index (κ3) is 2.10. The zero-order valence-electron chi connectivity index (χ0n) is 12.3. The number of hydrogen-bond donors (Lipinski definition) is 1. The Labute approximate surface area is 131 Å². The van der Waals surface area contributed by atoms with Gasteiger partial charge in [-0.1, -0.05) is 0 Å². The summed E-state index contributed by atoms with van der Waals surface area (Å²) >= 11 is 0. The van der Waals surface area contributed by atoms with E-state index in [1.165, 1.54) is 17.0 Å². The van der Waals surface area contributed by atoms with Crippen LogP contribution in [0.4, 0.5) is 5.69 Å². The highest BCUT2D eigenvalue weighted by Gasteiger charge is 2.25. The number of rotatable bonds is 2. The molecule has 1 fully saturated rings. The third-order valence-electron chi connectivity index (χ3n) is 3.98. The molecule has 4 heterocycles. The molecule has 0 unspecified atom stereocenters. The van der Waals surface area contributed by atoms with E-state index in [0.717, 1.165) is 25.9 Å². The Hall–Kier alpha value is -3.03. The summed E-state index contributed by atoms with van der Waals surface area (Å²) in [5.41, 5.74) is 0.199. The van der Waals surface area contributed by atoms with E-state index < -0.39 is 0 Å². The zero-order chi connectivity index (χ0) is 15.8. The van der Waals surface area contributed by atoms with E-state index in [0.29, 0.717) is 11.0 Å². The summed E-state index contributed by atoms with van der Waals surface area (Å²) < 4.78 is 1.30. The summed E-state index contributed by atoms with van der Waals surface area (Å²) in [6, 6.07) is 3.44. The molecular formula is C15H14N6O2. The van der Waals surface area contributed by atoms with Gasteiger partial charge in [0.25, 0.3) is 11.5 Å². The molecular weight excluding hydrogens is 296 g/mol. The second-order valence-electron chi connectivity index (χ2n) is 5.35. The van der Waals surface area contributed by atoms with Gasteiger partial charge < -0.3 is 10.0 Å². The summed E-state index contributed by atoms with van der Waals surface area (Å²) in [6.07, 6.45) is 6.45. The highest BCUT2D eigenvalue weighted by Crippen LogP contribution is 2.33. The van der Waals surface area contributed by atoms with Crippen molar-refractivity contribution >= 4 is 16.7 Å². The van der Waals surface area contributed by atoms with Gasteiger partial charge in [-0.3, -0.25) is 4.79 Å². The van der Waals surface area contributed by atoms with Gasteiger partial charge in [-0.15, -0.1) is 5.10 Å². The molecule has 8 nitrogen and oxygen atoms in total. The molecule has 1 aliphatic rings. The maximum absolute atomic E-state index is 13.0. The number of anilines is 1. The third-order valence-corrected chi connectivity index (χ3v) is 3.98. The van der Waals surface area contributed by atoms with E-state index in [1.54, 1.807) is 18.3 Å². The maximum Gasteiger partial charge on any atom is 0.286 e. The van der Waals surface area contributed by atoms with Crippen molar-refractivity contribution in [2.24, 2.45) is 0 Å². The van der Waals surface area contributed by atoms with Gasteiger partial charge in [0.2, 0.25) is 0 Å². The molecule has 1 N–H and O–H groups in total. The van der Waals surface area contributed by atoms with Crippen LogP contribution in [0.15, 0.2) is 35.5 Å². The molecule has 0 aromatic carbocycles. The van der Waals surface area contributed by atoms with Crippen molar-refractivity contribution in [3.8, 4) is 11.7 Å². The molecule has 0 atom stereocenters. The lowest BCUT2D eigenvalue weighted by Gasteiger charge is -2.20. The Bertz CT molecular complexity index is 918. The molecule has 3 aromatic heterocycles. The van der Waals surface area contributed by atoms with E-state index in [4.69, 9.17) is 0 Å². The van der Waals surface area contributed by atoms with Crippen LogP contribution in [0.5, 0.6) is 5.75 Å². The van der Waals surface area contributed by atoms with E-state index in [-0.39, 0.29) is 22.9 Å².